The highest BCUT2D eigenvalue weighted by Crippen LogP contribution is 2.26. The summed E-state index contributed by atoms with van der Waals surface area (Å²) >= 11 is 0. The van der Waals surface area contributed by atoms with Crippen LogP contribution in [0.2, 0.25) is 0 Å². The highest BCUT2D eigenvalue weighted by molar-refractivity contribution is 7.91. The Labute approximate surface area is 194 Å². The molecule has 2 aliphatic rings. The molecule has 14 heteroatoms. The molecule has 2 aromatic heterocycles. The van der Waals surface area contributed by atoms with Crippen LogP contribution >= 0.6 is 0 Å². The van der Waals surface area contributed by atoms with Crippen molar-refractivity contribution in [3.63, 3.8) is 0 Å². The average molecular weight is 506 g/mol. The van der Waals surface area contributed by atoms with Crippen molar-refractivity contribution in [1.29, 1.82) is 0 Å². The van der Waals surface area contributed by atoms with Gasteiger partial charge in [0, 0.05) is 38.4 Å². The number of alkyl halides is 3. The van der Waals surface area contributed by atoms with Crippen molar-refractivity contribution in [2.75, 3.05) is 43.1 Å². The second-order valence-electron chi connectivity index (χ2n) is 8.41. The molecule has 2 aromatic rings. The Morgan fingerprint density at radius 1 is 1.15 bits per heavy atom. The molecule has 0 bridgehead atoms. The highest BCUT2D eigenvalue weighted by Gasteiger charge is 2.38. The number of carboxylic acids is 1. The van der Waals surface area contributed by atoms with Crippen molar-refractivity contribution < 1.29 is 36.3 Å². The van der Waals surface area contributed by atoms with E-state index in [0.717, 1.165) is 49.3 Å². The summed E-state index contributed by atoms with van der Waals surface area (Å²) in [6, 6.07) is 4.07. The van der Waals surface area contributed by atoms with Crippen molar-refractivity contribution >= 4 is 33.0 Å². The number of rotatable bonds is 4. The third-order valence-electron chi connectivity index (χ3n) is 5.57. The number of aromatic nitrogens is 3. The van der Waals surface area contributed by atoms with Crippen LogP contribution in [-0.2, 0) is 19.4 Å². The van der Waals surface area contributed by atoms with E-state index in [0.29, 0.717) is 13.1 Å². The van der Waals surface area contributed by atoms with Gasteiger partial charge in [-0.2, -0.15) is 18.3 Å². The number of amides is 1. The van der Waals surface area contributed by atoms with E-state index in [9.17, 15) is 26.4 Å². The first kappa shape index (κ1) is 25.7. The van der Waals surface area contributed by atoms with Crippen LogP contribution in [0.4, 0.5) is 18.9 Å². The number of pyridine rings is 1. The second kappa shape index (κ2) is 10.2. The molecule has 1 unspecified atom stereocenters. The number of carboxylic acid groups (broad SMARTS) is 1. The van der Waals surface area contributed by atoms with E-state index in [-0.39, 0.29) is 11.8 Å². The Hall–Kier alpha value is -2.90. The Morgan fingerprint density at radius 3 is 2.38 bits per heavy atom. The van der Waals surface area contributed by atoms with Gasteiger partial charge < -0.3 is 14.9 Å². The molecule has 1 atom stereocenters. The van der Waals surface area contributed by atoms with Gasteiger partial charge in [-0.3, -0.25) is 4.79 Å². The van der Waals surface area contributed by atoms with Crippen LogP contribution in [0.5, 0.6) is 0 Å². The van der Waals surface area contributed by atoms with Crippen LogP contribution in [-0.4, -0.2) is 89.3 Å². The molecule has 34 heavy (non-hydrogen) atoms. The van der Waals surface area contributed by atoms with Gasteiger partial charge in [0.15, 0.2) is 21.3 Å². The number of piperidine rings is 1. The maximum atomic E-state index is 12.2. The van der Waals surface area contributed by atoms with Crippen LogP contribution in [0.3, 0.4) is 0 Å². The van der Waals surface area contributed by atoms with Crippen molar-refractivity contribution in [1.82, 2.24) is 19.5 Å². The molecule has 1 N–H and O–H groups in total. The summed E-state index contributed by atoms with van der Waals surface area (Å²) in [6.07, 6.45) is 2.20. The minimum atomic E-state index is -5.08. The van der Waals surface area contributed by atoms with Crippen molar-refractivity contribution in [3.05, 3.63) is 24.2 Å². The quantitative estimate of drug-likeness (QED) is 0.666. The minimum Gasteiger partial charge on any atom is -0.475 e. The molecule has 0 aromatic carbocycles. The fourth-order valence-corrected chi connectivity index (χ4v) is 4.59. The molecular weight excluding hydrogens is 479 g/mol. The van der Waals surface area contributed by atoms with E-state index < -0.39 is 27.7 Å². The standard InChI is InChI=1S/C18H25N5O3S.C2HF3O2/c1-27(25,26)13-17(24)22-10-4-5-14(11-22)18-19-16-7-6-15(12-23(16)20-18)21-8-2-3-9-21;3-2(4,5)1(6)7/h6-7,12,14H,2-5,8-11,13H2,1H3;(H,6,7). The molecule has 0 aliphatic carbocycles. The average Bonchev–Trinajstić information content (AvgIpc) is 3.42. The number of hydrogen-bond donors (Lipinski definition) is 1. The van der Waals surface area contributed by atoms with Crippen LogP contribution in [0.1, 0.15) is 37.4 Å². The molecule has 0 saturated carbocycles. The monoisotopic (exact) mass is 505 g/mol. The topological polar surface area (TPSA) is 125 Å². The van der Waals surface area contributed by atoms with Crippen LogP contribution in [0, 0.1) is 0 Å². The number of hydrogen-bond acceptors (Lipinski definition) is 7. The van der Waals surface area contributed by atoms with Crippen LogP contribution in [0.25, 0.3) is 5.65 Å². The first-order valence-corrected chi connectivity index (χ1v) is 12.8. The van der Waals surface area contributed by atoms with Crippen LogP contribution in [0.15, 0.2) is 18.3 Å². The number of nitrogens with zero attached hydrogens (tertiary/aromatic N) is 5. The molecule has 2 aliphatic heterocycles. The number of anilines is 1. The van der Waals surface area contributed by atoms with Gasteiger partial charge in [-0.15, -0.1) is 0 Å². The summed E-state index contributed by atoms with van der Waals surface area (Å²) < 4.78 is 56.4. The normalized spacial score (nSPS) is 19.1. The number of likely N-dealkylation sites (tertiary alicyclic amines) is 1. The molecule has 4 heterocycles. The van der Waals surface area contributed by atoms with E-state index in [4.69, 9.17) is 9.90 Å². The molecule has 0 spiro atoms. The zero-order valence-electron chi connectivity index (χ0n) is 18.5. The predicted octanol–water partition coefficient (Wildman–Crippen LogP) is 1.71. The SMILES string of the molecule is CS(=O)(=O)CC(=O)N1CCCC(c2nc3ccc(N4CCCC4)cn3n2)C1.O=C(O)C(F)(F)F. The summed E-state index contributed by atoms with van der Waals surface area (Å²) in [5.41, 5.74) is 1.96. The third kappa shape index (κ3) is 6.81. The summed E-state index contributed by atoms with van der Waals surface area (Å²) in [6.45, 7) is 3.22. The predicted molar refractivity (Wildman–Crippen MR) is 116 cm³/mol. The highest BCUT2D eigenvalue weighted by atomic mass is 32.2. The molecule has 10 nitrogen and oxygen atoms in total. The van der Waals surface area contributed by atoms with E-state index in [2.05, 4.69) is 21.0 Å². The zero-order valence-corrected chi connectivity index (χ0v) is 19.3. The van der Waals surface area contributed by atoms with Gasteiger partial charge in [-0.25, -0.2) is 22.7 Å². The van der Waals surface area contributed by atoms with Gasteiger partial charge in [-0.1, -0.05) is 0 Å². The smallest absolute Gasteiger partial charge is 0.475 e. The number of fused-ring (bicyclic) bond motifs is 1. The van der Waals surface area contributed by atoms with Gasteiger partial charge in [0.2, 0.25) is 5.91 Å². The lowest BCUT2D eigenvalue weighted by Gasteiger charge is -2.31. The van der Waals surface area contributed by atoms with E-state index >= 15 is 0 Å². The largest absolute Gasteiger partial charge is 0.490 e. The number of aliphatic carboxylic acids is 1. The van der Waals surface area contributed by atoms with Crippen molar-refractivity contribution in [2.45, 2.75) is 37.8 Å². The first-order valence-electron chi connectivity index (χ1n) is 10.7. The van der Waals surface area contributed by atoms with E-state index in [1.54, 1.807) is 4.90 Å². The van der Waals surface area contributed by atoms with Crippen LogP contribution < -0.4 is 4.90 Å². The number of carbonyl (C=O) groups excluding carboxylic acids is 1. The number of carbonyl (C=O) groups is 2. The Bertz CT molecular complexity index is 1150. The lowest BCUT2D eigenvalue weighted by molar-refractivity contribution is -0.192. The number of sulfone groups is 1. The fourth-order valence-electron chi connectivity index (χ4n) is 3.95. The number of halogens is 3. The first-order chi connectivity index (χ1) is 15.8. The summed E-state index contributed by atoms with van der Waals surface area (Å²) in [5, 5.41) is 11.8. The molecule has 188 valence electrons. The molecule has 2 fully saturated rings. The Balaban J connectivity index is 0.000000406. The maximum absolute atomic E-state index is 12.2. The van der Waals surface area contributed by atoms with E-state index in [1.807, 2.05) is 16.8 Å². The van der Waals surface area contributed by atoms with Gasteiger partial charge >= 0.3 is 12.1 Å². The molecular formula is C20H26F3N5O5S. The lowest BCUT2D eigenvalue weighted by Crippen LogP contribution is -2.42. The molecule has 4 rings (SSSR count). The Kier molecular flexibility index (Phi) is 7.68. The maximum Gasteiger partial charge on any atom is 0.490 e. The van der Waals surface area contributed by atoms with Crippen molar-refractivity contribution in [3.8, 4) is 0 Å². The van der Waals surface area contributed by atoms with E-state index in [1.165, 1.54) is 12.8 Å². The second-order valence-corrected chi connectivity index (χ2v) is 10.5. The zero-order chi connectivity index (χ0) is 25.1. The summed E-state index contributed by atoms with van der Waals surface area (Å²) in [5.74, 6) is -2.75. The van der Waals surface area contributed by atoms with Gasteiger partial charge in [0.25, 0.3) is 0 Å². The van der Waals surface area contributed by atoms with Crippen molar-refractivity contribution in [2.24, 2.45) is 0 Å². The van der Waals surface area contributed by atoms with Gasteiger partial charge in [0.05, 0.1) is 11.9 Å². The fraction of sp³-hybridized carbons (Fsp3) is 0.600. The lowest BCUT2D eigenvalue weighted by atomic mass is 9.97. The molecule has 2 saturated heterocycles. The van der Waals surface area contributed by atoms with Gasteiger partial charge in [0.1, 0.15) is 5.75 Å². The molecule has 1 amide bonds. The summed E-state index contributed by atoms with van der Waals surface area (Å²) in [7, 11) is -3.32. The Morgan fingerprint density at radius 2 is 1.79 bits per heavy atom. The van der Waals surface area contributed by atoms with Gasteiger partial charge in [-0.05, 0) is 37.8 Å². The minimum absolute atomic E-state index is 0.0393. The summed E-state index contributed by atoms with van der Waals surface area (Å²) in [4.78, 5) is 29.8. The third-order valence-corrected chi connectivity index (χ3v) is 6.34. The molecule has 0 radical (unpaired) electrons.